The monoisotopic (exact) mass is 316 g/mol. The van der Waals surface area contributed by atoms with E-state index >= 15 is 0 Å². The van der Waals surface area contributed by atoms with Crippen LogP contribution in [0.5, 0.6) is 5.88 Å². The second-order valence-electron chi connectivity index (χ2n) is 4.26. The Morgan fingerprint density at radius 1 is 1.35 bits per heavy atom. The molecule has 2 aliphatic heterocycles. The molecule has 3 heterocycles. The van der Waals surface area contributed by atoms with Crippen molar-refractivity contribution in [2.45, 2.75) is 23.3 Å². The van der Waals surface area contributed by atoms with E-state index in [4.69, 9.17) is 9.47 Å². The molecule has 0 unspecified atom stereocenters. The Morgan fingerprint density at radius 3 is 3.00 bits per heavy atom. The van der Waals surface area contributed by atoms with Crippen molar-refractivity contribution >= 4 is 27.9 Å². The Morgan fingerprint density at radius 2 is 2.18 bits per heavy atom. The van der Waals surface area contributed by atoms with Crippen molar-refractivity contribution < 1.29 is 9.47 Å². The van der Waals surface area contributed by atoms with Gasteiger partial charge in [0.1, 0.15) is 10.2 Å². The van der Waals surface area contributed by atoms with Crippen LogP contribution in [0.4, 0.5) is 0 Å². The summed E-state index contributed by atoms with van der Waals surface area (Å²) in [6.45, 7) is 2.35. The lowest BCUT2D eigenvalue weighted by molar-refractivity contribution is -0.0442. The first-order valence-corrected chi connectivity index (χ1v) is 7.21. The van der Waals surface area contributed by atoms with Gasteiger partial charge in [0.15, 0.2) is 0 Å². The molecule has 1 saturated heterocycles. The van der Waals surface area contributed by atoms with Crippen LogP contribution in [-0.2, 0) is 4.74 Å². The van der Waals surface area contributed by atoms with Gasteiger partial charge in [0, 0.05) is 19.4 Å². The van der Waals surface area contributed by atoms with Crippen LogP contribution < -0.4 is 9.46 Å². The van der Waals surface area contributed by atoms with E-state index in [2.05, 4.69) is 25.6 Å². The highest BCUT2D eigenvalue weighted by Crippen LogP contribution is 2.36. The first kappa shape index (κ1) is 11.8. The van der Waals surface area contributed by atoms with Gasteiger partial charge in [-0.3, -0.25) is 4.72 Å². The van der Waals surface area contributed by atoms with Gasteiger partial charge in [0.2, 0.25) is 5.88 Å². The van der Waals surface area contributed by atoms with Gasteiger partial charge < -0.3 is 9.47 Å². The summed E-state index contributed by atoms with van der Waals surface area (Å²) in [5.74, 6) is 0.719. The Kier molecular flexibility index (Phi) is 3.30. The first-order valence-electron chi connectivity index (χ1n) is 5.60. The molecule has 0 saturated carbocycles. The van der Waals surface area contributed by atoms with E-state index in [1.165, 1.54) is 0 Å². The molecule has 0 aromatic carbocycles. The Hall–Kier alpha value is -0.300. The molecule has 92 valence electrons. The predicted molar refractivity (Wildman–Crippen MR) is 69.2 cm³/mol. The summed E-state index contributed by atoms with van der Waals surface area (Å²) >= 11 is 4.97. The molecular formula is C11H13BrN2O2S. The van der Waals surface area contributed by atoms with E-state index in [0.717, 1.165) is 48.0 Å². The van der Waals surface area contributed by atoms with Crippen molar-refractivity contribution in [1.82, 2.24) is 9.71 Å². The van der Waals surface area contributed by atoms with Gasteiger partial charge in [0.25, 0.3) is 0 Å². The quantitative estimate of drug-likeness (QED) is 0.588. The summed E-state index contributed by atoms with van der Waals surface area (Å²) in [7, 11) is 0. The molecule has 0 atom stereocenters. The minimum atomic E-state index is -0.162. The molecule has 0 bridgehead atoms. The van der Waals surface area contributed by atoms with E-state index < -0.39 is 0 Å². The Labute approximate surface area is 113 Å². The van der Waals surface area contributed by atoms with Crippen molar-refractivity contribution in [2.75, 3.05) is 19.8 Å². The average Bonchev–Trinajstić information content (AvgIpc) is 2.49. The zero-order chi connectivity index (χ0) is 11.7. The molecule has 0 amide bonds. The fourth-order valence-electron chi connectivity index (χ4n) is 2.06. The zero-order valence-electron chi connectivity index (χ0n) is 9.24. The van der Waals surface area contributed by atoms with Crippen molar-refractivity contribution in [3.05, 3.63) is 16.7 Å². The van der Waals surface area contributed by atoms with Gasteiger partial charge in [-0.15, -0.1) is 0 Å². The zero-order valence-corrected chi connectivity index (χ0v) is 11.6. The van der Waals surface area contributed by atoms with Gasteiger partial charge in [-0.05, 0) is 40.0 Å². The molecule has 0 radical (unpaired) electrons. The van der Waals surface area contributed by atoms with Crippen molar-refractivity contribution in [1.29, 1.82) is 0 Å². The maximum Gasteiger partial charge on any atom is 0.230 e. The van der Waals surface area contributed by atoms with Gasteiger partial charge in [-0.1, -0.05) is 0 Å². The van der Waals surface area contributed by atoms with Crippen LogP contribution in [0.25, 0.3) is 0 Å². The summed E-state index contributed by atoms with van der Waals surface area (Å²) in [5.41, 5.74) is -0.162. The fourth-order valence-corrected chi connectivity index (χ4v) is 3.16. The van der Waals surface area contributed by atoms with Crippen LogP contribution in [0.15, 0.2) is 21.6 Å². The van der Waals surface area contributed by atoms with Crippen molar-refractivity contribution in [3.63, 3.8) is 0 Å². The van der Waals surface area contributed by atoms with Crippen LogP contribution in [0, 0.1) is 0 Å². The number of nitrogens with one attached hydrogen (secondary N) is 1. The Bertz CT molecular complexity index is 424. The lowest BCUT2D eigenvalue weighted by Gasteiger charge is -2.35. The largest absolute Gasteiger partial charge is 0.469 e. The maximum atomic E-state index is 6.16. The van der Waals surface area contributed by atoms with E-state index in [9.17, 15) is 0 Å². The maximum absolute atomic E-state index is 6.16. The van der Waals surface area contributed by atoms with Gasteiger partial charge >= 0.3 is 0 Å². The molecule has 1 aromatic rings. The third-order valence-corrected chi connectivity index (χ3v) is 4.35. The lowest BCUT2D eigenvalue weighted by Crippen LogP contribution is -2.47. The molecule has 1 spiro atoms. The summed E-state index contributed by atoms with van der Waals surface area (Å²) in [5, 5.41) is 0. The minimum absolute atomic E-state index is 0.162. The summed E-state index contributed by atoms with van der Waals surface area (Å²) in [6, 6.07) is 3.95. The van der Waals surface area contributed by atoms with Gasteiger partial charge in [0.05, 0.1) is 18.1 Å². The predicted octanol–water partition coefficient (Wildman–Crippen LogP) is 2.38. The van der Waals surface area contributed by atoms with E-state index in [1.54, 1.807) is 11.9 Å². The highest BCUT2D eigenvalue weighted by molar-refractivity contribution is 9.10. The number of hydrogen-bond acceptors (Lipinski definition) is 5. The van der Waals surface area contributed by atoms with Crippen molar-refractivity contribution in [3.8, 4) is 5.88 Å². The third kappa shape index (κ3) is 2.45. The molecular weight excluding hydrogens is 304 g/mol. The Balaban J connectivity index is 1.92. The summed E-state index contributed by atoms with van der Waals surface area (Å²) < 4.78 is 15.7. The molecule has 17 heavy (non-hydrogen) atoms. The third-order valence-electron chi connectivity index (χ3n) is 3.09. The molecule has 2 aliphatic rings. The fraction of sp³-hybridized carbons (Fsp3) is 0.545. The molecule has 4 nitrogen and oxygen atoms in total. The molecule has 0 aliphatic carbocycles. The summed E-state index contributed by atoms with van der Waals surface area (Å²) in [6.07, 6.45) is 1.82. The van der Waals surface area contributed by atoms with E-state index in [1.807, 2.05) is 12.1 Å². The molecule has 1 aromatic heterocycles. The SMILES string of the molecule is Brc1ccc2c(n1)OC1(CCOCC1)CNS2. The molecule has 1 fully saturated rings. The number of pyridine rings is 1. The van der Waals surface area contributed by atoms with Crippen LogP contribution >= 0.6 is 27.9 Å². The van der Waals surface area contributed by atoms with Crippen LogP contribution in [0.1, 0.15) is 12.8 Å². The second-order valence-corrected chi connectivity index (χ2v) is 6.00. The van der Waals surface area contributed by atoms with Crippen molar-refractivity contribution in [2.24, 2.45) is 0 Å². The number of hydrogen-bond donors (Lipinski definition) is 1. The number of nitrogens with zero attached hydrogens (tertiary/aromatic N) is 1. The average molecular weight is 317 g/mol. The summed E-state index contributed by atoms with van der Waals surface area (Å²) in [4.78, 5) is 5.45. The van der Waals surface area contributed by atoms with Crippen LogP contribution in [0.2, 0.25) is 0 Å². The standard InChI is InChI=1S/C11H13BrN2O2S/c12-9-2-1-8-10(14-9)16-11(7-13-17-8)3-5-15-6-4-11/h1-2,13H,3-7H2. The first-order chi connectivity index (χ1) is 8.27. The number of ether oxygens (including phenoxy) is 2. The number of rotatable bonds is 0. The van der Waals surface area contributed by atoms with E-state index in [-0.39, 0.29) is 5.60 Å². The number of aromatic nitrogens is 1. The van der Waals surface area contributed by atoms with Gasteiger partial charge in [-0.2, -0.15) is 0 Å². The lowest BCUT2D eigenvalue weighted by atomic mass is 9.94. The minimum Gasteiger partial charge on any atom is -0.469 e. The molecule has 3 rings (SSSR count). The van der Waals surface area contributed by atoms with Gasteiger partial charge in [-0.25, -0.2) is 4.98 Å². The molecule has 1 N–H and O–H groups in total. The van der Waals surface area contributed by atoms with Crippen LogP contribution in [-0.4, -0.2) is 30.3 Å². The normalized spacial score (nSPS) is 22.6. The second kappa shape index (κ2) is 4.76. The number of halogens is 1. The highest BCUT2D eigenvalue weighted by Gasteiger charge is 2.37. The topological polar surface area (TPSA) is 43.4 Å². The molecule has 6 heteroatoms. The van der Waals surface area contributed by atoms with Crippen LogP contribution in [0.3, 0.4) is 0 Å². The smallest absolute Gasteiger partial charge is 0.230 e. The highest BCUT2D eigenvalue weighted by atomic mass is 79.9. The number of fused-ring (bicyclic) bond motifs is 1. The van der Waals surface area contributed by atoms with E-state index in [0.29, 0.717) is 0 Å².